The number of thioether (sulfide) groups is 1. The van der Waals surface area contributed by atoms with Crippen LogP contribution in [-0.2, 0) is 5.75 Å². The zero-order chi connectivity index (χ0) is 13.0. The van der Waals surface area contributed by atoms with Crippen molar-refractivity contribution in [1.29, 1.82) is 0 Å². The van der Waals surface area contributed by atoms with Gasteiger partial charge in [0, 0.05) is 16.5 Å². The molecular formula is C14H11ClN2S. The Balaban J connectivity index is 2.18. The molecule has 2 nitrogen and oxygen atoms in total. The summed E-state index contributed by atoms with van der Waals surface area (Å²) >= 11 is 7.64. The number of aryl methyl sites for hydroxylation is 1. The average Bonchev–Trinajstić information content (AvgIpc) is 2.38. The van der Waals surface area contributed by atoms with Crippen LogP contribution in [0.25, 0.3) is 4.85 Å². The fourth-order valence-corrected chi connectivity index (χ4v) is 2.77. The number of pyridine rings is 1. The van der Waals surface area contributed by atoms with Gasteiger partial charge in [-0.15, -0.1) is 11.8 Å². The van der Waals surface area contributed by atoms with E-state index in [9.17, 15) is 0 Å². The highest BCUT2D eigenvalue weighted by Gasteiger charge is 2.07. The quantitative estimate of drug-likeness (QED) is 0.586. The van der Waals surface area contributed by atoms with Gasteiger partial charge in [-0.2, -0.15) is 0 Å². The van der Waals surface area contributed by atoms with Gasteiger partial charge in [-0.25, -0.2) is 4.85 Å². The van der Waals surface area contributed by atoms with Gasteiger partial charge in [-0.1, -0.05) is 41.9 Å². The SMILES string of the molecule is [C-]#[N+]c1ccc(C)nc1SCc1ccccc1Cl. The van der Waals surface area contributed by atoms with Crippen LogP contribution >= 0.6 is 23.4 Å². The van der Waals surface area contributed by atoms with Crippen LogP contribution in [0.1, 0.15) is 11.3 Å². The summed E-state index contributed by atoms with van der Waals surface area (Å²) in [6.45, 7) is 9.05. The van der Waals surface area contributed by atoms with Crippen molar-refractivity contribution >= 4 is 29.1 Å². The third-order valence-corrected chi connectivity index (χ3v) is 3.82. The fraction of sp³-hybridized carbons (Fsp3) is 0.143. The summed E-state index contributed by atoms with van der Waals surface area (Å²) in [5, 5.41) is 1.52. The van der Waals surface area contributed by atoms with Gasteiger partial charge >= 0.3 is 0 Å². The maximum absolute atomic E-state index is 7.13. The van der Waals surface area contributed by atoms with Crippen molar-refractivity contribution in [2.45, 2.75) is 17.7 Å². The van der Waals surface area contributed by atoms with E-state index in [1.807, 2.05) is 43.3 Å². The van der Waals surface area contributed by atoms with E-state index in [1.54, 1.807) is 11.8 Å². The maximum atomic E-state index is 7.13. The molecule has 0 radical (unpaired) electrons. The highest BCUT2D eigenvalue weighted by atomic mass is 35.5. The smallest absolute Gasteiger partial charge is 0.218 e. The molecule has 0 unspecified atom stereocenters. The molecule has 4 heteroatoms. The van der Waals surface area contributed by atoms with Gasteiger partial charge in [0.15, 0.2) is 0 Å². The number of benzene rings is 1. The first kappa shape index (κ1) is 12.9. The van der Waals surface area contributed by atoms with Crippen LogP contribution in [0.3, 0.4) is 0 Å². The molecule has 2 aromatic rings. The van der Waals surface area contributed by atoms with E-state index >= 15 is 0 Å². The minimum absolute atomic E-state index is 0.595. The number of rotatable bonds is 3. The Hall–Kier alpha value is -1.50. The molecule has 0 aliphatic heterocycles. The number of aromatic nitrogens is 1. The molecule has 0 aliphatic carbocycles. The number of hydrogen-bond acceptors (Lipinski definition) is 2. The molecule has 0 bridgehead atoms. The van der Waals surface area contributed by atoms with Crippen molar-refractivity contribution in [3.05, 3.63) is 64.1 Å². The topological polar surface area (TPSA) is 17.2 Å². The molecule has 0 fully saturated rings. The number of nitrogens with zero attached hydrogens (tertiary/aromatic N) is 2. The molecular weight excluding hydrogens is 264 g/mol. The summed E-state index contributed by atoms with van der Waals surface area (Å²) in [6, 6.07) is 11.4. The highest BCUT2D eigenvalue weighted by molar-refractivity contribution is 7.98. The molecule has 1 aromatic heterocycles. The first-order chi connectivity index (χ1) is 8.70. The number of halogens is 1. The Morgan fingerprint density at radius 1 is 1.28 bits per heavy atom. The summed E-state index contributed by atoms with van der Waals surface area (Å²) in [5.74, 6) is 0.721. The van der Waals surface area contributed by atoms with Crippen LogP contribution in [0.5, 0.6) is 0 Å². The largest absolute Gasteiger partial charge is 0.259 e. The highest BCUT2D eigenvalue weighted by Crippen LogP contribution is 2.31. The van der Waals surface area contributed by atoms with Gasteiger partial charge in [0.1, 0.15) is 5.03 Å². The van der Waals surface area contributed by atoms with E-state index in [-0.39, 0.29) is 0 Å². The van der Waals surface area contributed by atoms with Crippen molar-refractivity contribution in [1.82, 2.24) is 4.98 Å². The van der Waals surface area contributed by atoms with Crippen LogP contribution < -0.4 is 0 Å². The summed E-state index contributed by atoms with van der Waals surface area (Å²) in [5.41, 5.74) is 2.57. The van der Waals surface area contributed by atoms with Crippen LogP contribution in [0.4, 0.5) is 5.69 Å². The van der Waals surface area contributed by atoms with E-state index in [0.29, 0.717) is 5.69 Å². The lowest BCUT2D eigenvalue weighted by Gasteiger charge is -2.06. The van der Waals surface area contributed by atoms with Gasteiger partial charge in [0.2, 0.25) is 5.69 Å². The van der Waals surface area contributed by atoms with Crippen LogP contribution in [0.15, 0.2) is 41.4 Å². The van der Waals surface area contributed by atoms with Crippen LogP contribution in [0, 0.1) is 13.5 Å². The Bertz CT molecular complexity index is 605. The Morgan fingerprint density at radius 2 is 2.06 bits per heavy atom. The molecule has 90 valence electrons. The van der Waals surface area contributed by atoms with Gasteiger partial charge in [-0.3, -0.25) is 4.98 Å². The second-order valence-electron chi connectivity index (χ2n) is 3.77. The van der Waals surface area contributed by atoms with E-state index in [0.717, 1.165) is 27.1 Å². The molecule has 0 atom stereocenters. The third-order valence-electron chi connectivity index (χ3n) is 2.42. The third kappa shape index (κ3) is 3.04. The van der Waals surface area contributed by atoms with Gasteiger partial charge in [0.05, 0.1) is 6.57 Å². The van der Waals surface area contributed by atoms with Gasteiger partial charge < -0.3 is 0 Å². The lowest BCUT2D eigenvalue weighted by atomic mass is 10.2. The predicted octanol–water partition coefficient (Wildman–Crippen LogP) is 4.89. The molecule has 0 N–H and O–H groups in total. The van der Waals surface area contributed by atoms with E-state index in [4.69, 9.17) is 18.2 Å². The summed E-state index contributed by atoms with van der Waals surface area (Å²) in [6.07, 6.45) is 0. The first-order valence-electron chi connectivity index (χ1n) is 5.42. The molecule has 18 heavy (non-hydrogen) atoms. The molecule has 0 amide bonds. The molecule has 1 heterocycles. The lowest BCUT2D eigenvalue weighted by molar-refractivity contribution is 1.07. The average molecular weight is 275 g/mol. The van der Waals surface area contributed by atoms with Crippen molar-refractivity contribution in [2.24, 2.45) is 0 Å². The lowest BCUT2D eigenvalue weighted by Crippen LogP contribution is -1.87. The zero-order valence-corrected chi connectivity index (χ0v) is 11.4. The molecule has 0 spiro atoms. The van der Waals surface area contributed by atoms with E-state index in [2.05, 4.69) is 9.83 Å². The van der Waals surface area contributed by atoms with Crippen molar-refractivity contribution in [3.8, 4) is 0 Å². The maximum Gasteiger partial charge on any atom is 0.218 e. The summed E-state index contributed by atoms with van der Waals surface area (Å²) in [4.78, 5) is 7.87. The molecule has 1 aromatic carbocycles. The van der Waals surface area contributed by atoms with Crippen molar-refractivity contribution in [3.63, 3.8) is 0 Å². The minimum atomic E-state index is 0.595. The van der Waals surface area contributed by atoms with Crippen LogP contribution in [0.2, 0.25) is 5.02 Å². The standard InChI is InChI=1S/C14H11ClN2S/c1-10-7-8-13(16-2)14(17-10)18-9-11-5-3-4-6-12(11)15/h3-8H,9H2,1H3. The van der Waals surface area contributed by atoms with Gasteiger partial charge in [0.25, 0.3) is 0 Å². The molecule has 2 rings (SSSR count). The second kappa shape index (κ2) is 5.90. The van der Waals surface area contributed by atoms with E-state index in [1.165, 1.54) is 0 Å². The summed E-state index contributed by atoms with van der Waals surface area (Å²) in [7, 11) is 0. The summed E-state index contributed by atoms with van der Waals surface area (Å²) < 4.78 is 0. The monoisotopic (exact) mass is 274 g/mol. The predicted molar refractivity (Wildman–Crippen MR) is 76.2 cm³/mol. The molecule has 0 saturated carbocycles. The number of hydrogen-bond donors (Lipinski definition) is 0. The molecule has 0 aliphatic rings. The Morgan fingerprint density at radius 3 is 2.78 bits per heavy atom. The van der Waals surface area contributed by atoms with Crippen LogP contribution in [-0.4, -0.2) is 4.98 Å². The minimum Gasteiger partial charge on any atom is -0.259 e. The van der Waals surface area contributed by atoms with Gasteiger partial charge in [-0.05, 0) is 18.6 Å². The van der Waals surface area contributed by atoms with Crippen molar-refractivity contribution in [2.75, 3.05) is 0 Å². The Kier molecular flexibility index (Phi) is 4.24. The molecule has 0 saturated heterocycles. The normalized spacial score (nSPS) is 10.1. The first-order valence-corrected chi connectivity index (χ1v) is 6.78. The Labute approximate surface area is 116 Å². The zero-order valence-electron chi connectivity index (χ0n) is 9.85. The van der Waals surface area contributed by atoms with E-state index < -0.39 is 0 Å². The van der Waals surface area contributed by atoms with Crippen molar-refractivity contribution < 1.29 is 0 Å². The fourth-order valence-electron chi connectivity index (χ4n) is 1.48. The second-order valence-corrected chi connectivity index (χ2v) is 5.14.